The van der Waals surface area contributed by atoms with Crippen LogP contribution in [0.15, 0.2) is 77.1 Å². The van der Waals surface area contributed by atoms with Gasteiger partial charge in [0, 0.05) is 5.70 Å². The molecule has 0 fully saturated rings. The van der Waals surface area contributed by atoms with Crippen molar-refractivity contribution in [3.8, 4) is 0 Å². The molecule has 0 heterocycles. The lowest BCUT2D eigenvalue weighted by Crippen LogP contribution is -2.32. The Kier molecular flexibility index (Phi) is 3.63. The van der Waals surface area contributed by atoms with Crippen LogP contribution in [0.5, 0.6) is 0 Å². The van der Waals surface area contributed by atoms with Crippen molar-refractivity contribution in [2.45, 2.75) is 12.8 Å². The van der Waals surface area contributed by atoms with Crippen LogP contribution in [-0.4, -0.2) is 5.96 Å². The maximum absolute atomic E-state index is 5.89. The van der Waals surface area contributed by atoms with E-state index in [0.717, 1.165) is 35.4 Å². The van der Waals surface area contributed by atoms with Gasteiger partial charge in [0.1, 0.15) is 0 Å². The molecule has 0 amide bonds. The minimum absolute atomic E-state index is 0.361. The first-order valence-corrected chi connectivity index (χ1v) is 5.88. The Morgan fingerprint density at radius 3 is 2.44 bits per heavy atom. The van der Waals surface area contributed by atoms with Crippen molar-refractivity contribution in [3.63, 3.8) is 0 Å². The summed E-state index contributed by atoms with van der Waals surface area (Å²) in [5, 5.41) is 3.07. The van der Waals surface area contributed by atoms with Crippen LogP contribution in [0.3, 0.4) is 0 Å². The predicted molar refractivity (Wildman–Crippen MR) is 76.7 cm³/mol. The Morgan fingerprint density at radius 2 is 1.78 bits per heavy atom. The van der Waals surface area contributed by atoms with Gasteiger partial charge in [-0.1, -0.05) is 37.5 Å². The summed E-state index contributed by atoms with van der Waals surface area (Å²) in [4.78, 5) is 4.33. The van der Waals surface area contributed by atoms with E-state index in [1.54, 1.807) is 0 Å². The van der Waals surface area contributed by atoms with Crippen LogP contribution < -0.4 is 11.1 Å². The van der Waals surface area contributed by atoms with Crippen LogP contribution in [0, 0.1) is 0 Å². The second-order valence-corrected chi connectivity index (χ2v) is 4.23. The molecule has 2 aliphatic carbocycles. The third-order valence-corrected chi connectivity index (χ3v) is 2.76. The first-order chi connectivity index (χ1) is 8.66. The van der Waals surface area contributed by atoms with E-state index in [-0.39, 0.29) is 0 Å². The standard InChI is InChI=1S/C15H17N3/c1-11-7-3-5-9-13(11)17-15(16)18-14-10-6-4-8-12(14)2/h3-6,9-10H,1-2,7-8H2,(H3,16,17,18). The summed E-state index contributed by atoms with van der Waals surface area (Å²) in [7, 11) is 0. The average Bonchev–Trinajstić information content (AvgIpc) is 2.35. The first kappa shape index (κ1) is 12.2. The number of allylic oxidation sites excluding steroid dienone is 8. The van der Waals surface area contributed by atoms with Crippen LogP contribution in [0.2, 0.25) is 0 Å². The van der Waals surface area contributed by atoms with Crippen LogP contribution in [0.1, 0.15) is 12.8 Å². The molecule has 0 aromatic rings. The molecule has 0 aromatic heterocycles. The van der Waals surface area contributed by atoms with Gasteiger partial charge in [0.2, 0.25) is 0 Å². The third kappa shape index (κ3) is 2.88. The predicted octanol–water partition coefficient (Wildman–Crippen LogP) is 2.69. The highest BCUT2D eigenvalue weighted by Gasteiger charge is 2.07. The summed E-state index contributed by atoms with van der Waals surface area (Å²) >= 11 is 0. The lowest BCUT2D eigenvalue weighted by Gasteiger charge is -2.15. The van der Waals surface area contributed by atoms with Gasteiger partial charge in [-0.2, -0.15) is 0 Å². The van der Waals surface area contributed by atoms with Gasteiger partial charge in [-0.15, -0.1) is 0 Å². The van der Waals surface area contributed by atoms with E-state index in [1.807, 2.05) is 30.4 Å². The van der Waals surface area contributed by atoms with Crippen molar-refractivity contribution in [3.05, 3.63) is 72.2 Å². The molecule has 0 atom stereocenters. The SMILES string of the molecule is C=C1CC=CC=C1N=C(N)NC1=CC=CCC1=C. The van der Waals surface area contributed by atoms with E-state index < -0.39 is 0 Å². The highest BCUT2D eigenvalue weighted by molar-refractivity contribution is 5.82. The number of nitrogens with two attached hydrogens (primary N) is 1. The van der Waals surface area contributed by atoms with Crippen LogP contribution >= 0.6 is 0 Å². The second kappa shape index (κ2) is 5.36. The minimum Gasteiger partial charge on any atom is -0.369 e. The van der Waals surface area contributed by atoms with Crippen molar-refractivity contribution >= 4 is 5.96 Å². The Hall–Kier alpha value is -2.29. The maximum atomic E-state index is 5.89. The Morgan fingerprint density at radius 1 is 1.11 bits per heavy atom. The van der Waals surface area contributed by atoms with Gasteiger partial charge in [-0.05, 0) is 36.1 Å². The normalized spacial score (nSPS) is 19.7. The molecule has 0 aromatic carbocycles. The molecule has 0 aliphatic heterocycles. The molecule has 92 valence electrons. The molecule has 2 aliphatic rings. The molecule has 2 rings (SSSR count). The summed E-state index contributed by atoms with van der Waals surface area (Å²) in [5.41, 5.74) is 9.60. The highest BCUT2D eigenvalue weighted by atomic mass is 15.1. The quantitative estimate of drug-likeness (QED) is 0.575. The van der Waals surface area contributed by atoms with Crippen LogP contribution in [-0.2, 0) is 0 Å². The van der Waals surface area contributed by atoms with E-state index >= 15 is 0 Å². The number of rotatable bonds is 2. The van der Waals surface area contributed by atoms with E-state index in [0.29, 0.717) is 5.96 Å². The molecule has 0 saturated heterocycles. The van der Waals surface area contributed by atoms with Gasteiger partial charge >= 0.3 is 0 Å². The molecule has 0 unspecified atom stereocenters. The number of aliphatic imine (C=N–C) groups is 1. The fourth-order valence-corrected chi connectivity index (χ4v) is 1.74. The van der Waals surface area contributed by atoms with Crippen molar-refractivity contribution in [2.24, 2.45) is 10.7 Å². The number of guanidine groups is 1. The summed E-state index contributed by atoms with van der Waals surface area (Å²) in [6.07, 6.45) is 13.5. The van der Waals surface area contributed by atoms with E-state index in [1.165, 1.54) is 0 Å². The van der Waals surface area contributed by atoms with Gasteiger partial charge in [-0.3, -0.25) is 0 Å². The van der Waals surface area contributed by atoms with Gasteiger partial charge in [0.05, 0.1) is 5.70 Å². The molecule has 3 heteroatoms. The summed E-state index contributed by atoms with van der Waals surface area (Å²) in [6, 6.07) is 0. The van der Waals surface area contributed by atoms with Crippen LogP contribution in [0.25, 0.3) is 0 Å². The number of hydrogen-bond acceptors (Lipinski definition) is 1. The maximum Gasteiger partial charge on any atom is 0.198 e. The number of nitrogens with one attached hydrogen (secondary N) is 1. The molecular weight excluding hydrogens is 222 g/mol. The second-order valence-electron chi connectivity index (χ2n) is 4.23. The van der Waals surface area contributed by atoms with Crippen molar-refractivity contribution in [2.75, 3.05) is 0 Å². The minimum atomic E-state index is 0.361. The number of hydrogen-bond donors (Lipinski definition) is 2. The Bertz CT molecular complexity index is 528. The molecule has 0 bridgehead atoms. The fraction of sp³-hybridized carbons (Fsp3) is 0.133. The van der Waals surface area contributed by atoms with Gasteiger partial charge in [-0.25, -0.2) is 4.99 Å². The largest absolute Gasteiger partial charge is 0.369 e. The molecular formula is C15H17N3. The van der Waals surface area contributed by atoms with Gasteiger partial charge in [0.25, 0.3) is 0 Å². The van der Waals surface area contributed by atoms with Crippen molar-refractivity contribution in [1.29, 1.82) is 0 Å². The first-order valence-electron chi connectivity index (χ1n) is 5.88. The van der Waals surface area contributed by atoms with Gasteiger partial charge in [0.15, 0.2) is 5.96 Å². The van der Waals surface area contributed by atoms with E-state index in [4.69, 9.17) is 5.73 Å². The molecule has 0 spiro atoms. The Balaban J connectivity index is 2.10. The molecule has 0 radical (unpaired) electrons. The zero-order valence-electron chi connectivity index (χ0n) is 10.3. The smallest absolute Gasteiger partial charge is 0.198 e. The molecule has 0 saturated carbocycles. The van der Waals surface area contributed by atoms with E-state index in [2.05, 4.69) is 29.5 Å². The molecule has 18 heavy (non-hydrogen) atoms. The summed E-state index contributed by atoms with van der Waals surface area (Å²) in [6.45, 7) is 7.93. The van der Waals surface area contributed by atoms with Crippen molar-refractivity contribution < 1.29 is 0 Å². The van der Waals surface area contributed by atoms with Crippen LogP contribution in [0.4, 0.5) is 0 Å². The van der Waals surface area contributed by atoms with Gasteiger partial charge < -0.3 is 11.1 Å². The highest BCUT2D eigenvalue weighted by Crippen LogP contribution is 2.19. The Labute approximate surface area is 107 Å². The summed E-state index contributed by atoms with van der Waals surface area (Å²) in [5.74, 6) is 0.361. The van der Waals surface area contributed by atoms with Crippen molar-refractivity contribution in [1.82, 2.24) is 5.32 Å². The zero-order valence-corrected chi connectivity index (χ0v) is 10.3. The third-order valence-electron chi connectivity index (χ3n) is 2.76. The molecule has 3 N–H and O–H groups in total. The monoisotopic (exact) mass is 239 g/mol. The number of nitrogens with zero attached hydrogens (tertiary/aromatic N) is 1. The lowest BCUT2D eigenvalue weighted by molar-refractivity contribution is 1.04. The average molecular weight is 239 g/mol. The lowest BCUT2D eigenvalue weighted by atomic mass is 10.1. The summed E-state index contributed by atoms with van der Waals surface area (Å²) < 4.78 is 0. The fourth-order valence-electron chi connectivity index (χ4n) is 1.74. The zero-order chi connectivity index (χ0) is 13.0. The molecule has 3 nitrogen and oxygen atoms in total. The topological polar surface area (TPSA) is 50.4 Å². The van der Waals surface area contributed by atoms with E-state index in [9.17, 15) is 0 Å².